The van der Waals surface area contributed by atoms with Crippen LogP contribution in [0.5, 0.6) is 0 Å². The van der Waals surface area contributed by atoms with E-state index in [1.807, 2.05) is 31.2 Å². The summed E-state index contributed by atoms with van der Waals surface area (Å²) in [5, 5.41) is 14.0. The van der Waals surface area contributed by atoms with E-state index < -0.39 is 11.9 Å². The van der Waals surface area contributed by atoms with Gasteiger partial charge in [-0.1, -0.05) is 6.07 Å². The van der Waals surface area contributed by atoms with Crippen LogP contribution in [0.4, 0.5) is 5.69 Å². The van der Waals surface area contributed by atoms with Gasteiger partial charge in [0, 0.05) is 16.8 Å². The molecule has 0 saturated heterocycles. The predicted octanol–water partition coefficient (Wildman–Crippen LogP) is 2.91. The first kappa shape index (κ1) is 16.9. The van der Waals surface area contributed by atoms with Crippen molar-refractivity contribution in [1.29, 1.82) is 0 Å². The number of nitrogens with one attached hydrogen (secondary N) is 1. The lowest BCUT2D eigenvalue weighted by molar-refractivity contribution is -0.297. The fourth-order valence-corrected chi connectivity index (χ4v) is 3.39. The van der Waals surface area contributed by atoms with Crippen LogP contribution in [0.15, 0.2) is 54.1 Å². The van der Waals surface area contributed by atoms with Crippen molar-refractivity contribution in [2.75, 3.05) is 5.32 Å². The van der Waals surface area contributed by atoms with Crippen LogP contribution >= 0.6 is 11.3 Å². The molecule has 0 aliphatic heterocycles. The van der Waals surface area contributed by atoms with Crippen LogP contribution in [0, 0.1) is 6.92 Å². The molecule has 25 heavy (non-hydrogen) atoms. The molecule has 3 aromatic rings. The summed E-state index contributed by atoms with van der Waals surface area (Å²) in [5.74, 6) is -1.87. The van der Waals surface area contributed by atoms with E-state index in [1.165, 1.54) is 12.5 Å². The molecule has 0 aliphatic rings. The van der Waals surface area contributed by atoms with Gasteiger partial charge in [-0.3, -0.25) is 4.79 Å². The Balaban J connectivity index is 1.79. The van der Waals surface area contributed by atoms with Crippen molar-refractivity contribution in [3.8, 4) is 10.6 Å². The van der Waals surface area contributed by atoms with Crippen molar-refractivity contribution in [1.82, 2.24) is 4.98 Å². The molecule has 0 saturated carbocycles. The molecule has 126 valence electrons. The van der Waals surface area contributed by atoms with E-state index in [0.717, 1.165) is 26.9 Å². The molecule has 0 radical (unpaired) electrons. The first-order valence-corrected chi connectivity index (χ1v) is 8.42. The van der Waals surface area contributed by atoms with Gasteiger partial charge in [-0.15, -0.1) is 11.3 Å². The van der Waals surface area contributed by atoms with Crippen molar-refractivity contribution in [2.45, 2.75) is 13.8 Å². The minimum Gasteiger partial charge on any atom is -0.545 e. The number of hydrogen-bond acceptors (Lipinski definition) is 5. The van der Waals surface area contributed by atoms with Gasteiger partial charge in [-0.25, -0.2) is 4.98 Å². The maximum Gasteiger partial charge on any atom is 0.251 e. The maximum absolute atomic E-state index is 11.9. The molecule has 1 N–H and O–H groups in total. The largest absolute Gasteiger partial charge is 0.545 e. The highest BCUT2D eigenvalue weighted by Gasteiger charge is 2.08. The first-order valence-electron chi connectivity index (χ1n) is 7.60. The average molecular weight is 351 g/mol. The third kappa shape index (κ3) is 3.92. The topological polar surface area (TPSA) is 82.1 Å². The molecular formula is C19H15N2O3S-. The number of carbonyl (C=O) groups is 2. The van der Waals surface area contributed by atoms with Crippen LogP contribution in [0.2, 0.25) is 0 Å². The normalized spacial score (nSPS) is 11.5. The predicted molar refractivity (Wildman–Crippen MR) is 97.2 cm³/mol. The van der Waals surface area contributed by atoms with Crippen molar-refractivity contribution in [3.63, 3.8) is 0 Å². The number of carboxylic acids is 1. The fourth-order valence-electron chi connectivity index (χ4n) is 2.32. The summed E-state index contributed by atoms with van der Waals surface area (Å²) in [6.45, 7) is 3.47. The number of fused-ring (bicyclic) bond motifs is 1. The molecule has 6 heteroatoms. The third-order valence-corrected chi connectivity index (χ3v) is 4.69. The van der Waals surface area contributed by atoms with E-state index in [-0.39, 0.29) is 5.57 Å². The summed E-state index contributed by atoms with van der Waals surface area (Å²) < 4.78 is 1.13. The summed E-state index contributed by atoms with van der Waals surface area (Å²) in [6, 6.07) is 13.4. The van der Waals surface area contributed by atoms with Gasteiger partial charge in [0.2, 0.25) is 0 Å². The van der Waals surface area contributed by atoms with Gasteiger partial charge in [0.15, 0.2) is 0 Å². The zero-order valence-corrected chi connectivity index (χ0v) is 14.5. The van der Waals surface area contributed by atoms with E-state index in [2.05, 4.69) is 16.4 Å². The quantitative estimate of drug-likeness (QED) is 0.733. The van der Waals surface area contributed by atoms with Gasteiger partial charge in [-0.2, -0.15) is 0 Å². The van der Waals surface area contributed by atoms with Crippen LogP contribution in [0.1, 0.15) is 12.5 Å². The third-order valence-electron chi connectivity index (χ3n) is 3.63. The number of benzene rings is 2. The fraction of sp³-hybridized carbons (Fsp3) is 0.105. The lowest BCUT2D eigenvalue weighted by Gasteiger charge is -2.06. The Morgan fingerprint density at radius 3 is 2.56 bits per heavy atom. The molecule has 0 atom stereocenters. The lowest BCUT2D eigenvalue weighted by atomic mass is 10.2. The van der Waals surface area contributed by atoms with E-state index >= 15 is 0 Å². The smallest absolute Gasteiger partial charge is 0.251 e. The average Bonchev–Trinajstić information content (AvgIpc) is 2.97. The highest BCUT2D eigenvalue weighted by Crippen LogP contribution is 2.31. The second-order valence-corrected chi connectivity index (χ2v) is 6.70. The Morgan fingerprint density at radius 2 is 1.88 bits per heavy atom. The van der Waals surface area contributed by atoms with Gasteiger partial charge in [-0.05, 0) is 61.9 Å². The molecule has 0 spiro atoms. The number of anilines is 1. The molecule has 0 unspecified atom stereocenters. The SMILES string of the molecule is C/C(=C/C(=O)[O-])C(=O)Nc1ccc(-c2nc3ccc(C)cc3s2)cc1. The van der Waals surface area contributed by atoms with E-state index in [1.54, 1.807) is 23.5 Å². The zero-order valence-electron chi connectivity index (χ0n) is 13.7. The van der Waals surface area contributed by atoms with Crippen molar-refractivity contribution in [3.05, 3.63) is 59.7 Å². The van der Waals surface area contributed by atoms with Gasteiger partial charge < -0.3 is 15.2 Å². The summed E-state index contributed by atoms with van der Waals surface area (Å²) >= 11 is 1.62. The second-order valence-electron chi connectivity index (χ2n) is 5.67. The van der Waals surface area contributed by atoms with Crippen LogP contribution < -0.4 is 10.4 Å². The Hall–Kier alpha value is -2.99. The molecule has 1 aromatic heterocycles. The number of hydrogen-bond donors (Lipinski definition) is 1. The number of nitrogens with zero attached hydrogens (tertiary/aromatic N) is 1. The number of carboxylic acid groups (broad SMARTS) is 1. The second kappa shape index (κ2) is 6.86. The minimum atomic E-state index is -1.39. The standard InChI is InChI=1S/C19H16N2O3S/c1-11-3-8-15-16(9-11)25-19(21-15)13-4-6-14(7-5-13)20-18(24)12(2)10-17(22)23/h3-10H,1-2H3,(H,20,24)(H,22,23)/p-1/b12-10-. The number of aliphatic carboxylic acids is 1. The van der Waals surface area contributed by atoms with Gasteiger partial charge in [0.05, 0.1) is 16.2 Å². The molecule has 0 bridgehead atoms. The lowest BCUT2D eigenvalue weighted by Crippen LogP contribution is -2.22. The number of carbonyl (C=O) groups excluding carboxylic acids is 2. The van der Waals surface area contributed by atoms with Crippen molar-refractivity contribution in [2.24, 2.45) is 0 Å². The molecule has 1 heterocycles. The molecule has 2 aromatic carbocycles. The number of aromatic nitrogens is 1. The molecule has 0 aliphatic carbocycles. The number of aryl methyl sites for hydroxylation is 1. The van der Waals surface area contributed by atoms with Crippen molar-refractivity contribution < 1.29 is 14.7 Å². The Morgan fingerprint density at radius 1 is 1.16 bits per heavy atom. The van der Waals surface area contributed by atoms with E-state index in [4.69, 9.17) is 0 Å². The van der Waals surface area contributed by atoms with Crippen LogP contribution in [-0.4, -0.2) is 16.9 Å². The van der Waals surface area contributed by atoms with Gasteiger partial charge in [0.1, 0.15) is 5.01 Å². The van der Waals surface area contributed by atoms with Gasteiger partial charge in [0.25, 0.3) is 5.91 Å². The van der Waals surface area contributed by atoms with E-state index in [9.17, 15) is 14.7 Å². The Bertz CT molecular complexity index is 988. The Kier molecular flexibility index (Phi) is 4.63. The molecule has 1 amide bonds. The summed E-state index contributed by atoms with van der Waals surface area (Å²) in [6.07, 6.45) is 0.771. The minimum absolute atomic E-state index is 0.0746. The summed E-state index contributed by atoms with van der Waals surface area (Å²) in [4.78, 5) is 27.0. The van der Waals surface area contributed by atoms with Crippen molar-refractivity contribution >= 4 is 39.1 Å². The Labute approximate surface area is 148 Å². The summed E-state index contributed by atoms with van der Waals surface area (Å²) in [7, 11) is 0. The highest BCUT2D eigenvalue weighted by atomic mass is 32.1. The van der Waals surface area contributed by atoms with Crippen LogP contribution in [0.3, 0.4) is 0 Å². The number of rotatable bonds is 4. The number of amides is 1. The molecule has 0 fully saturated rings. The monoisotopic (exact) mass is 351 g/mol. The molecule has 3 rings (SSSR count). The first-order chi connectivity index (χ1) is 11.9. The molecular weight excluding hydrogens is 336 g/mol. The van der Waals surface area contributed by atoms with Crippen LogP contribution in [0.25, 0.3) is 20.8 Å². The molecule has 5 nitrogen and oxygen atoms in total. The maximum atomic E-state index is 11.9. The highest BCUT2D eigenvalue weighted by molar-refractivity contribution is 7.21. The van der Waals surface area contributed by atoms with Crippen LogP contribution in [-0.2, 0) is 9.59 Å². The number of thiazole rings is 1. The van der Waals surface area contributed by atoms with E-state index in [0.29, 0.717) is 5.69 Å². The van der Waals surface area contributed by atoms with Gasteiger partial charge >= 0.3 is 0 Å². The zero-order chi connectivity index (χ0) is 18.0. The summed E-state index contributed by atoms with van der Waals surface area (Å²) in [5.41, 5.74) is 3.77.